The highest BCUT2D eigenvalue weighted by molar-refractivity contribution is 5.83. The van der Waals surface area contributed by atoms with E-state index in [0.29, 0.717) is 19.7 Å². The van der Waals surface area contributed by atoms with Crippen LogP contribution in [0, 0.1) is 5.41 Å². The van der Waals surface area contributed by atoms with Crippen molar-refractivity contribution < 1.29 is 14.3 Å². The van der Waals surface area contributed by atoms with Crippen molar-refractivity contribution in [1.29, 1.82) is 0 Å². The molecule has 2 fully saturated rings. The average Bonchev–Trinajstić information content (AvgIpc) is 2.81. The van der Waals surface area contributed by atoms with Crippen LogP contribution in [-0.4, -0.2) is 67.5 Å². The van der Waals surface area contributed by atoms with Crippen molar-refractivity contribution in [3.8, 4) is 5.75 Å². The molecule has 1 aromatic rings. The Bertz CT molecular complexity index is 752. The van der Waals surface area contributed by atoms with Crippen molar-refractivity contribution in [1.82, 2.24) is 15.1 Å². The Kier molecular flexibility index (Phi) is 7.49. The monoisotopic (exact) mass is 427 g/mol. The van der Waals surface area contributed by atoms with Gasteiger partial charge in [-0.15, -0.1) is 0 Å². The largest absolute Gasteiger partial charge is 0.491 e. The zero-order valence-corrected chi connectivity index (χ0v) is 18.7. The summed E-state index contributed by atoms with van der Waals surface area (Å²) in [5.41, 5.74) is 0.957. The minimum Gasteiger partial charge on any atom is -0.491 e. The Hall–Kier alpha value is -2.08. The number of aryl methyl sites for hydroxylation is 1. The van der Waals surface area contributed by atoms with Gasteiger partial charge in [0, 0.05) is 13.1 Å². The first-order chi connectivity index (χ1) is 15.2. The first-order valence-electron chi connectivity index (χ1n) is 12.2. The summed E-state index contributed by atoms with van der Waals surface area (Å²) in [5.74, 6) is 1.38. The van der Waals surface area contributed by atoms with E-state index in [1.54, 1.807) is 0 Å². The predicted octanol–water partition coefficient (Wildman–Crippen LogP) is 3.00. The Balaban J connectivity index is 1.33. The third kappa shape index (κ3) is 5.59. The molecule has 0 aromatic heterocycles. The molecule has 0 bridgehead atoms. The zero-order valence-electron chi connectivity index (χ0n) is 18.7. The number of benzene rings is 1. The van der Waals surface area contributed by atoms with Gasteiger partial charge in [0.1, 0.15) is 12.4 Å². The summed E-state index contributed by atoms with van der Waals surface area (Å²) in [7, 11) is 0. The second-order valence-corrected chi connectivity index (χ2v) is 9.42. The zero-order chi connectivity index (χ0) is 21.5. The summed E-state index contributed by atoms with van der Waals surface area (Å²) >= 11 is 0. The van der Waals surface area contributed by atoms with E-state index >= 15 is 0 Å². The average molecular weight is 428 g/mol. The number of nitrogens with zero attached hydrogens (tertiary/aromatic N) is 2. The fraction of sp³-hybridized carbons (Fsp3) is 0.680. The summed E-state index contributed by atoms with van der Waals surface area (Å²) in [6.07, 6.45) is 9.18. The molecule has 6 nitrogen and oxygen atoms in total. The van der Waals surface area contributed by atoms with E-state index in [1.807, 2.05) is 17.0 Å². The van der Waals surface area contributed by atoms with Crippen LogP contribution in [0.15, 0.2) is 24.3 Å². The first-order valence-corrected chi connectivity index (χ1v) is 12.2. The molecule has 3 aliphatic heterocycles. The third-order valence-corrected chi connectivity index (χ3v) is 7.33. The van der Waals surface area contributed by atoms with Gasteiger partial charge in [-0.1, -0.05) is 24.6 Å². The van der Waals surface area contributed by atoms with Gasteiger partial charge in [0.15, 0.2) is 0 Å². The maximum absolute atomic E-state index is 13.2. The van der Waals surface area contributed by atoms with Crippen molar-refractivity contribution in [2.75, 3.05) is 45.9 Å². The number of para-hydroxylation sites is 1. The van der Waals surface area contributed by atoms with Crippen LogP contribution < -0.4 is 10.1 Å². The quantitative estimate of drug-likeness (QED) is 0.788. The fourth-order valence-corrected chi connectivity index (χ4v) is 5.31. The third-order valence-electron chi connectivity index (χ3n) is 7.33. The van der Waals surface area contributed by atoms with Gasteiger partial charge in [-0.3, -0.25) is 14.5 Å². The molecule has 3 aliphatic rings. The number of rotatable bonds is 2. The second kappa shape index (κ2) is 10.5. The Morgan fingerprint density at radius 3 is 2.55 bits per heavy atom. The highest BCUT2D eigenvalue weighted by atomic mass is 16.5. The predicted molar refractivity (Wildman–Crippen MR) is 121 cm³/mol. The Morgan fingerprint density at radius 1 is 0.968 bits per heavy atom. The number of amides is 2. The number of carbonyl (C=O) groups excluding carboxylic acids is 2. The van der Waals surface area contributed by atoms with Crippen LogP contribution in [0.2, 0.25) is 0 Å². The lowest BCUT2D eigenvalue weighted by Crippen LogP contribution is -2.51. The van der Waals surface area contributed by atoms with Gasteiger partial charge in [0.25, 0.3) is 0 Å². The van der Waals surface area contributed by atoms with Crippen LogP contribution in [-0.2, 0) is 16.0 Å². The van der Waals surface area contributed by atoms with Gasteiger partial charge in [0.05, 0.1) is 18.5 Å². The smallest absolute Gasteiger partial charge is 0.236 e. The van der Waals surface area contributed by atoms with Gasteiger partial charge >= 0.3 is 0 Å². The summed E-state index contributed by atoms with van der Waals surface area (Å²) in [6, 6.07) is 8.24. The summed E-state index contributed by atoms with van der Waals surface area (Å²) in [6.45, 7) is 5.00. The lowest BCUT2D eigenvalue weighted by molar-refractivity contribution is -0.137. The van der Waals surface area contributed by atoms with Gasteiger partial charge < -0.3 is 15.0 Å². The van der Waals surface area contributed by atoms with Crippen molar-refractivity contribution in [2.45, 2.75) is 57.8 Å². The van der Waals surface area contributed by atoms with Gasteiger partial charge in [-0.05, 0) is 76.1 Å². The van der Waals surface area contributed by atoms with Gasteiger partial charge in [-0.25, -0.2) is 0 Å². The molecule has 2 saturated heterocycles. The number of ether oxygens (including phenoxy) is 1. The number of nitrogens with one attached hydrogen (secondary N) is 1. The van der Waals surface area contributed by atoms with E-state index < -0.39 is 0 Å². The molecule has 1 N–H and O–H groups in total. The molecule has 4 rings (SSSR count). The van der Waals surface area contributed by atoms with Crippen molar-refractivity contribution >= 4 is 11.8 Å². The number of hydrogen-bond acceptors (Lipinski definition) is 4. The van der Waals surface area contributed by atoms with Crippen LogP contribution in [0.4, 0.5) is 0 Å². The maximum atomic E-state index is 13.2. The van der Waals surface area contributed by atoms with Gasteiger partial charge in [-0.2, -0.15) is 0 Å². The number of piperidine rings is 2. The van der Waals surface area contributed by atoms with E-state index in [9.17, 15) is 9.59 Å². The molecule has 0 atom stereocenters. The lowest BCUT2D eigenvalue weighted by Gasteiger charge is -2.41. The molecule has 1 aromatic carbocycles. The van der Waals surface area contributed by atoms with E-state index in [-0.39, 0.29) is 17.2 Å². The fourth-order valence-electron chi connectivity index (χ4n) is 5.31. The molecule has 0 unspecified atom stereocenters. The summed E-state index contributed by atoms with van der Waals surface area (Å²) in [5, 5.41) is 3.14. The van der Waals surface area contributed by atoms with Crippen LogP contribution >= 0.6 is 0 Å². The van der Waals surface area contributed by atoms with E-state index in [4.69, 9.17) is 4.74 Å². The standard InChI is InChI=1S/C25H37N3O3/c29-23(28-15-6-1-7-16-28)20-27-17-12-25(13-18-27)11-5-4-9-21-8-2-3-10-22(21)31-19-14-26-24(25)30/h2-3,8,10H,1,4-7,9,11-20H2,(H,26,30). The molecule has 170 valence electrons. The Morgan fingerprint density at radius 2 is 1.74 bits per heavy atom. The molecule has 6 heteroatoms. The highest BCUT2D eigenvalue weighted by Gasteiger charge is 2.41. The van der Waals surface area contributed by atoms with Crippen LogP contribution in [0.25, 0.3) is 0 Å². The van der Waals surface area contributed by atoms with E-state index in [0.717, 1.165) is 83.3 Å². The normalized spacial score (nSPS) is 23.1. The minimum absolute atomic E-state index is 0.173. The summed E-state index contributed by atoms with van der Waals surface area (Å²) < 4.78 is 5.94. The highest BCUT2D eigenvalue weighted by Crippen LogP contribution is 2.37. The number of fused-ring (bicyclic) bond motifs is 1. The molecular formula is C25H37N3O3. The summed E-state index contributed by atoms with van der Waals surface area (Å²) in [4.78, 5) is 30.1. The molecule has 3 heterocycles. The van der Waals surface area contributed by atoms with Crippen molar-refractivity contribution in [3.63, 3.8) is 0 Å². The SMILES string of the molecule is O=C(CN1CCC2(CCCCc3ccccc3OCCNC2=O)CC1)N1CCCCC1. The molecule has 31 heavy (non-hydrogen) atoms. The number of carbonyl (C=O) groups is 2. The Labute approximate surface area is 186 Å². The van der Waals surface area contributed by atoms with Crippen molar-refractivity contribution in [2.24, 2.45) is 5.41 Å². The molecular weight excluding hydrogens is 390 g/mol. The topological polar surface area (TPSA) is 61.9 Å². The number of hydrogen-bond donors (Lipinski definition) is 1. The minimum atomic E-state index is -0.302. The van der Waals surface area contributed by atoms with Crippen molar-refractivity contribution in [3.05, 3.63) is 29.8 Å². The molecule has 1 spiro atoms. The molecule has 0 saturated carbocycles. The van der Waals surface area contributed by atoms with Crippen LogP contribution in [0.5, 0.6) is 5.75 Å². The van der Waals surface area contributed by atoms with Gasteiger partial charge in [0.2, 0.25) is 11.8 Å². The van der Waals surface area contributed by atoms with Crippen LogP contribution in [0.3, 0.4) is 0 Å². The first kappa shape index (κ1) is 22.1. The van der Waals surface area contributed by atoms with E-state index in [2.05, 4.69) is 22.3 Å². The molecule has 0 radical (unpaired) electrons. The molecule has 0 aliphatic carbocycles. The maximum Gasteiger partial charge on any atom is 0.236 e. The lowest BCUT2D eigenvalue weighted by atomic mass is 9.73. The second-order valence-electron chi connectivity index (χ2n) is 9.42. The van der Waals surface area contributed by atoms with E-state index in [1.165, 1.54) is 12.0 Å². The number of likely N-dealkylation sites (tertiary alicyclic amines) is 2. The van der Waals surface area contributed by atoms with Crippen LogP contribution in [0.1, 0.15) is 56.9 Å². The molecule has 2 amide bonds.